The van der Waals surface area contributed by atoms with Gasteiger partial charge in [-0.1, -0.05) is 42.4 Å². The molecule has 3 aromatic rings. The molecule has 2 aromatic carbocycles. The van der Waals surface area contributed by atoms with E-state index in [-0.39, 0.29) is 11.2 Å². The Morgan fingerprint density at radius 3 is 2.61 bits per heavy atom. The lowest BCUT2D eigenvalue weighted by Gasteiger charge is -2.17. The highest BCUT2D eigenvalue weighted by Gasteiger charge is 2.20. The first-order chi connectivity index (χ1) is 13.4. The Labute approximate surface area is 170 Å². The topological polar surface area (TPSA) is 51.2 Å². The van der Waals surface area contributed by atoms with E-state index in [0.29, 0.717) is 17.9 Å². The SMILES string of the molecule is CCC(Sc1cc(C)c2cc(C)cc(C)c2n1)C(=O)Nc1ccccc1OC. The summed E-state index contributed by atoms with van der Waals surface area (Å²) >= 11 is 1.51. The molecular formula is C23H26N2O2S. The summed E-state index contributed by atoms with van der Waals surface area (Å²) in [6, 6.07) is 13.8. The molecule has 3 rings (SSSR count). The fraction of sp³-hybridized carbons (Fsp3) is 0.304. The number of para-hydroxylation sites is 2. The van der Waals surface area contributed by atoms with Crippen molar-refractivity contribution in [2.75, 3.05) is 12.4 Å². The number of methoxy groups -OCH3 is 1. The van der Waals surface area contributed by atoms with Gasteiger partial charge in [0.25, 0.3) is 0 Å². The third kappa shape index (κ3) is 4.30. The molecule has 0 aliphatic rings. The zero-order valence-corrected chi connectivity index (χ0v) is 17.8. The lowest BCUT2D eigenvalue weighted by Crippen LogP contribution is -2.25. The average molecular weight is 395 g/mol. The molecule has 0 saturated carbocycles. The molecule has 1 atom stereocenters. The molecule has 0 aliphatic heterocycles. The van der Waals surface area contributed by atoms with Gasteiger partial charge in [0, 0.05) is 5.39 Å². The van der Waals surface area contributed by atoms with Crippen LogP contribution in [0.1, 0.15) is 30.0 Å². The van der Waals surface area contributed by atoms with Gasteiger partial charge in [0.15, 0.2) is 0 Å². The molecule has 1 N–H and O–H groups in total. The highest BCUT2D eigenvalue weighted by Crippen LogP contribution is 2.31. The number of thioether (sulfide) groups is 1. The summed E-state index contributed by atoms with van der Waals surface area (Å²) in [7, 11) is 1.60. The predicted molar refractivity (Wildman–Crippen MR) is 118 cm³/mol. The monoisotopic (exact) mass is 394 g/mol. The Bertz CT molecular complexity index is 1020. The van der Waals surface area contributed by atoms with Gasteiger partial charge in [-0.05, 0) is 62.6 Å². The number of nitrogens with one attached hydrogen (secondary N) is 1. The van der Waals surface area contributed by atoms with Crippen LogP contribution in [0.2, 0.25) is 0 Å². The van der Waals surface area contributed by atoms with Crippen LogP contribution in [0.4, 0.5) is 5.69 Å². The van der Waals surface area contributed by atoms with Gasteiger partial charge in [0.1, 0.15) is 5.75 Å². The van der Waals surface area contributed by atoms with Crippen molar-refractivity contribution < 1.29 is 9.53 Å². The third-order valence-corrected chi connectivity index (χ3v) is 6.01. The minimum Gasteiger partial charge on any atom is -0.495 e. The van der Waals surface area contributed by atoms with Crippen LogP contribution >= 0.6 is 11.8 Å². The molecule has 28 heavy (non-hydrogen) atoms. The summed E-state index contributed by atoms with van der Waals surface area (Å²) < 4.78 is 5.33. The van der Waals surface area contributed by atoms with Gasteiger partial charge in [-0.25, -0.2) is 4.98 Å². The van der Waals surface area contributed by atoms with Gasteiger partial charge in [-0.3, -0.25) is 4.79 Å². The average Bonchev–Trinajstić information content (AvgIpc) is 2.67. The highest BCUT2D eigenvalue weighted by atomic mass is 32.2. The molecule has 0 spiro atoms. The fourth-order valence-electron chi connectivity index (χ4n) is 3.30. The zero-order valence-electron chi connectivity index (χ0n) is 17.0. The van der Waals surface area contributed by atoms with Gasteiger partial charge in [-0.2, -0.15) is 0 Å². The number of anilines is 1. The predicted octanol–water partition coefficient (Wildman–Crippen LogP) is 5.68. The zero-order chi connectivity index (χ0) is 20.3. The van der Waals surface area contributed by atoms with Gasteiger partial charge >= 0.3 is 0 Å². The number of pyridine rings is 1. The molecule has 0 bridgehead atoms. The van der Waals surface area contributed by atoms with E-state index in [1.54, 1.807) is 7.11 Å². The van der Waals surface area contributed by atoms with Crippen molar-refractivity contribution in [3.05, 3.63) is 59.2 Å². The van der Waals surface area contributed by atoms with Gasteiger partial charge < -0.3 is 10.1 Å². The van der Waals surface area contributed by atoms with E-state index in [9.17, 15) is 4.79 Å². The lowest BCUT2D eigenvalue weighted by molar-refractivity contribution is -0.115. The molecule has 1 heterocycles. The molecule has 0 fully saturated rings. The molecular weight excluding hydrogens is 368 g/mol. The number of ether oxygens (including phenoxy) is 1. The van der Waals surface area contributed by atoms with Crippen LogP contribution in [0.5, 0.6) is 5.75 Å². The molecule has 0 radical (unpaired) electrons. The minimum atomic E-state index is -0.236. The number of hydrogen-bond acceptors (Lipinski definition) is 4. The maximum absolute atomic E-state index is 12.9. The Balaban J connectivity index is 1.85. The van der Waals surface area contributed by atoms with Gasteiger partial charge in [-0.15, -0.1) is 0 Å². The Morgan fingerprint density at radius 1 is 1.14 bits per heavy atom. The van der Waals surface area contributed by atoms with Crippen LogP contribution in [-0.2, 0) is 4.79 Å². The molecule has 5 heteroatoms. The largest absolute Gasteiger partial charge is 0.495 e. The van der Waals surface area contributed by atoms with Crippen molar-refractivity contribution in [1.82, 2.24) is 4.98 Å². The first-order valence-electron chi connectivity index (χ1n) is 9.42. The smallest absolute Gasteiger partial charge is 0.238 e. The normalized spacial score (nSPS) is 12.0. The molecule has 0 aliphatic carbocycles. The number of nitrogens with zero attached hydrogens (tertiary/aromatic N) is 1. The summed E-state index contributed by atoms with van der Waals surface area (Å²) in [6.07, 6.45) is 0.706. The van der Waals surface area contributed by atoms with Crippen LogP contribution in [0, 0.1) is 20.8 Å². The first kappa shape index (κ1) is 20.2. The van der Waals surface area contributed by atoms with Crippen LogP contribution in [0.25, 0.3) is 10.9 Å². The Kier molecular flexibility index (Phi) is 6.25. The fourth-order valence-corrected chi connectivity index (χ4v) is 4.32. The Morgan fingerprint density at radius 2 is 1.89 bits per heavy atom. The second kappa shape index (κ2) is 8.65. The maximum Gasteiger partial charge on any atom is 0.238 e. The van der Waals surface area contributed by atoms with Gasteiger partial charge in [0.2, 0.25) is 5.91 Å². The number of carbonyl (C=O) groups is 1. The summed E-state index contributed by atoms with van der Waals surface area (Å²) in [5, 5.41) is 4.80. The van der Waals surface area contributed by atoms with E-state index >= 15 is 0 Å². The number of aryl methyl sites for hydroxylation is 3. The summed E-state index contributed by atoms with van der Waals surface area (Å²) in [5.41, 5.74) is 5.26. The lowest BCUT2D eigenvalue weighted by atomic mass is 10.0. The van der Waals surface area contributed by atoms with E-state index < -0.39 is 0 Å². The number of carbonyl (C=O) groups excluding carboxylic acids is 1. The van der Waals surface area contributed by atoms with Crippen LogP contribution in [-0.4, -0.2) is 23.3 Å². The number of aromatic nitrogens is 1. The van der Waals surface area contributed by atoms with Crippen molar-refractivity contribution in [2.45, 2.75) is 44.4 Å². The number of benzene rings is 2. The van der Waals surface area contributed by atoms with E-state index in [4.69, 9.17) is 9.72 Å². The highest BCUT2D eigenvalue weighted by molar-refractivity contribution is 8.00. The quantitative estimate of drug-likeness (QED) is 0.547. The number of hydrogen-bond donors (Lipinski definition) is 1. The van der Waals surface area contributed by atoms with Crippen LogP contribution in [0.15, 0.2) is 47.5 Å². The van der Waals surface area contributed by atoms with Crippen molar-refractivity contribution >= 4 is 34.3 Å². The van der Waals surface area contributed by atoms with Gasteiger partial charge in [0.05, 0.1) is 28.6 Å². The third-order valence-electron chi connectivity index (χ3n) is 4.72. The number of amides is 1. The molecule has 1 amide bonds. The first-order valence-corrected chi connectivity index (χ1v) is 10.3. The number of rotatable bonds is 6. The molecule has 146 valence electrons. The molecule has 1 aromatic heterocycles. The second-order valence-corrected chi connectivity index (χ2v) is 8.18. The maximum atomic E-state index is 12.9. The second-order valence-electron chi connectivity index (χ2n) is 6.96. The standard InChI is InChI=1S/C23H26N2O2S/c1-6-20(23(26)24-18-9-7-8-10-19(18)27-5)28-21-13-15(3)17-12-14(2)11-16(4)22(17)25-21/h7-13,20H,6H2,1-5H3,(H,24,26). The Hall–Kier alpha value is -2.53. The van der Waals surface area contributed by atoms with E-state index in [1.807, 2.05) is 31.2 Å². The number of fused-ring (bicyclic) bond motifs is 1. The summed E-state index contributed by atoms with van der Waals surface area (Å²) in [6.45, 7) is 8.30. The van der Waals surface area contributed by atoms with Crippen LogP contribution in [0.3, 0.4) is 0 Å². The molecule has 0 saturated heterocycles. The molecule has 4 nitrogen and oxygen atoms in total. The van der Waals surface area contributed by atoms with E-state index in [0.717, 1.165) is 16.1 Å². The van der Waals surface area contributed by atoms with E-state index in [2.05, 4.69) is 44.3 Å². The van der Waals surface area contributed by atoms with Crippen molar-refractivity contribution in [1.29, 1.82) is 0 Å². The van der Waals surface area contributed by atoms with Crippen molar-refractivity contribution in [3.8, 4) is 5.75 Å². The van der Waals surface area contributed by atoms with Crippen LogP contribution < -0.4 is 10.1 Å². The minimum absolute atomic E-state index is 0.0443. The molecule has 1 unspecified atom stereocenters. The van der Waals surface area contributed by atoms with E-state index in [1.165, 1.54) is 28.3 Å². The van der Waals surface area contributed by atoms with Crippen molar-refractivity contribution in [3.63, 3.8) is 0 Å². The summed E-state index contributed by atoms with van der Waals surface area (Å²) in [4.78, 5) is 17.7. The summed E-state index contributed by atoms with van der Waals surface area (Å²) in [5.74, 6) is 0.610. The van der Waals surface area contributed by atoms with Crippen molar-refractivity contribution in [2.24, 2.45) is 0 Å².